The molecule has 100 valence electrons. The summed E-state index contributed by atoms with van der Waals surface area (Å²) in [6.07, 6.45) is 4.07. The smallest absolute Gasteiger partial charge is 0.277 e. The second-order valence-corrected chi connectivity index (χ2v) is 5.05. The molecule has 4 rings (SSSR count). The number of nitrogens with zero attached hydrogens (tertiary/aromatic N) is 1. The fraction of sp³-hybridized carbons (Fsp3) is 0.200. The lowest BCUT2D eigenvalue weighted by molar-refractivity contribution is -0.116. The van der Waals surface area contributed by atoms with E-state index in [1.165, 1.54) is 0 Å². The number of fused-ring (bicyclic) bond motifs is 1. The molecule has 1 amide bonds. The van der Waals surface area contributed by atoms with Crippen LogP contribution in [-0.2, 0) is 9.53 Å². The summed E-state index contributed by atoms with van der Waals surface area (Å²) >= 11 is 0. The van der Waals surface area contributed by atoms with Gasteiger partial charge in [0.2, 0.25) is 5.90 Å². The highest BCUT2D eigenvalue weighted by molar-refractivity contribution is 6.24. The van der Waals surface area contributed by atoms with Crippen LogP contribution in [0.25, 0.3) is 17.0 Å². The van der Waals surface area contributed by atoms with Crippen molar-refractivity contribution in [1.29, 1.82) is 0 Å². The SMILES string of the molecule is O=C1NN=C(OC2CC2)C1=Cc1cc2ccccc2[nH]1. The van der Waals surface area contributed by atoms with E-state index >= 15 is 0 Å². The van der Waals surface area contributed by atoms with Crippen molar-refractivity contribution in [2.24, 2.45) is 5.10 Å². The van der Waals surface area contributed by atoms with Gasteiger partial charge in [0, 0.05) is 11.2 Å². The van der Waals surface area contributed by atoms with Crippen molar-refractivity contribution >= 4 is 28.8 Å². The van der Waals surface area contributed by atoms with Crippen LogP contribution in [0.4, 0.5) is 0 Å². The zero-order valence-corrected chi connectivity index (χ0v) is 10.7. The van der Waals surface area contributed by atoms with E-state index in [9.17, 15) is 4.79 Å². The maximum atomic E-state index is 11.8. The molecule has 1 fully saturated rings. The molecule has 2 aliphatic rings. The normalized spacial score (nSPS) is 20.3. The number of hydrazone groups is 1. The fourth-order valence-electron chi connectivity index (χ4n) is 2.21. The van der Waals surface area contributed by atoms with E-state index in [2.05, 4.69) is 15.5 Å². The van der Waals surface area contributed by atoms with Crippen molar-refractivity contribution in [2.45, 2.75) is 18.9 Å². The Bertz CT molecular complexity index is 720. The summed E-state index contributed by atoms with van der Waals surface area (Å²) in [5.74, 6) is 0.176. The summed E-state index contributed by atoms with van der Waals surface area (Å²) in [4.78, 5) is 15.1. The fourth-order valence-corrected chi connectivity index (χ4v) is 2.21. The number of aromatic amines is 1. The molecule has 2 heterocycles. The van der Waals surface area contributed by atoms with E-state index in [1.807, 2.05) is 30.3 Å². The average molecular weight is 267 g/mol. The number of carbonyl (C=O) groups excluding carboxylic acids is 1. The third kappa shape index (κ3) is 1.97. The van der Waals surface area contributed by atoms with Crippen LogP contribution in [0.5, 0.6) is 0 Å². The van der Waals surface area contributed by atoms with E-state index in [-0.39, 0.29) is 12.0 Å². The molecular formula is C15H13N3O2. The summed E-state index contributed by atoms with van der Waals surface area (Å²) in [5.41, 5.74) is 4.83. The number of carbonyl (C=O) groups is 1. The second-order valence-electron chi connectivity index (χ2n) is 5.05. The Morgan fingerprint density at radius 1 is 1.30 bits per heavy atom. The van der Waals surface area contributed by atoms with Gasteiger partial charge in [-0.3, -0.25) is 4.79 Å². The number of aromatic nitrogens is 1. The highest BCUT2D eigenvalue weighted by atomic mass is 16.5. The third-order valence-electron chi connectivity index (χ3n) is 3.39. The molecule has 1 aliphatic heterocycles. The summed E-state index contributed by atoms with van der Waals surface area (Å²) in [5, 5.41) is 5.05. The zero-order valence-electron chi connectivity index (χ0n) is 10.7. The Morgan fingerprint density at radius 2 is 2.15 bits per heavy atom. The second kappa shape index (κ2) is 4.23. The Labute approximate surface area is 115 Å². The number of benzene rings is 1. The molecule has 2 aromatic rings. The van der Waals surface area contributed by atoms with E-state index in [0.29, 0.717) is 11.5 Å². The lowest BCUT2D eigenvalue weighted by Gasteiger charge is -2.02. The number of H-pyrrole nitrogens is 1. The summed E-state index contributed by atoms with van der Waals surface area (Å²) in [6, 6.07) is 9.99. The summed E-state index contributed by atoms with van der Waals surface area (Å²) in [6.45, 7) is 0. The zero-order chi connectivity index (χ0) is 13.5. The van der Waals surface area contributed by atoms with Gasteiger partial charge in [-0.2, -0.15) is 0 Å². The molecule has 0 bridgehead atoms. The van der Waals surface area contributed by atoms with Crippen molar-refractivity contribution in [2.75, 3.05) is 0 Å². The number of nitrogens with one attached hydrogen (secondary N) is 2. The molecule has 1 aromatic heterocycles. The molecule has 5 heteroatoms. The highest BCUT2D eigenvalue weighted by Gasteiger charge is 2.31. The van der Waals surface area contributed by atoms with Gasteiger partial charge < -0.3 is 9.72 Å². The average Bonchev–Trinajstić information content (AvgIpc) is 3.07. The molecule has 0 radical (unpaired) electrons. The van der Waals surface area contributed by atoms with E-state index in [0.717, 1.165) is 29.4 Å². The predicted octanol–water partition coefficient (Wildman–Crippen LogP) is 2.17. The largest absolute Gasteiger partial charge is 0.473 e. The van der Waals surface area contributed by atoms with Gasteiger partial charge in [0.1, 0.15) is 11.7 Å². The molecule has 0 atom stereocenters. The van der Waals surface area contributed by atoms with Crippen LogP contribution in [0.2, 0.25) is 0 Å². The first-order valence-corrected chi connectivity index (χ1v) is 6.64. The van der Waals surface area contributed by atoms with E-state index in [4.69, 9.17) is 4.74 Å². The van der Waals surface area contributed by atoms with Crippen molar-refractivity contribution in [3.8, 4) is 0 Å². The maximum Gasteiger partial charge on any atom is 0.277 e. The highest BCUT2D eigenvalue weighted by Crippen LogP contribution is 2.26. The van der Waals surface area contributed by atoms with Gasteiger partial charge in [-0.1, -0.05) is 18.2 Å². The quantitative estimate of drug-likeness (QED) is 0.819. The number of rotatable bonds is 2. The van der Waals surface area contributed by atoms with Gasteiger partial charge in [-0.15, -0.1) is 5.10 Å². The lowest BCUT2D eigenvalue weighted by Crippen LogP contribution is -2.14. The van der Waals surface area contributed by atoms with Crippen molar-refractivity contribution < 1.29 is 9.53 Å². The van der Waals surface area contributed by atoms with Gasteiger partial charge in [-0.25, -0.2) is 5.43 Å². The molecular weight excluding hydrogens is 254 g/mol. The van der Waals surface area contributed by atoms with Crippen LogP contribution in [-0.4, -0.2) is 22.9 Å². The number of ether oxygens (including phenoxy) is 1. The Balaban J connectivity index is 1.69. The number of amides is 1. The van der Waals surface area contributed by atoms with E-state index < -0.39 is 0 Å². The van der Waals surface area contributed by atoms with Crippen LogP contribution in [0.3, 0.4) is 0 Å². The van der Waals surface area contributed by atoms with Gasteiger partial charge in [0.25, 0.3) is 5.91 Å². The van der Waals surface area contributed by atoms with Crippen LogP contribution in [0.15, 0.2) is 41.0 Å². The molecule has 1 aromatic carbocycles. The van der Waals surface area contributed by atoms with Crippen molar-refractivity contribution in [1.82, 2.24) is 10.4 Å². The molecule has 1 aliphatic carbocycles. The van der Waals surface area contributed by atoms with Crippen LogP contribution in [0.1, 0.15) is 18.5 Å². The monoisotopic (exact) mass is 267 g/mol. The molecule has 1 saturated carbocycles. The first-order chi connectivity index (χ1) is 9.79. The summed E-state index contributed by atoms with van der Waals surface area (Å²) < 4.78 is 5.64. The molecule has 5 nitrogen and oxygen atoms in total. The third-order valence-corrected chi connectivity index (χ3v) is 3.39. The molecule has 0 spiro atoms. The minimum Gasteiger partial charge on any atom is -0.473 e. The minimum absolute atomic E-state index is 0.215. The Hall–Kier alpha value is -2.56. The van der Waals surface area contributed by atoms with Crippen molar-refractivity contribution in [3.05, 3.63) is 41.6 Å². The number of hydrogen-bond acceptors (Lipinski definition) is 3. The topological polar surface area (TPSA) is 66.5 Å². The van der Waals surface area contributed by atoms with Gasteiger partial charge >= 0.3 is 0 Å². The Morgan fingerprint density at radius 3 is 2.95 bits per heavy atom. The molecule has 0 saturated heterocycles. The Kier molecular flexibility index (Phi) is 2.39. The summed E-state index contributed by atoms with van der Waals surface area (Å²) in [7, 11) is 0. The maximum absolute atomic E-state index is 11.8. The molecule has 2 N–H and O–H groups in total. The van der Waals surface area contributed by atoms with Gasteiger partial charge in [-0.05, 0) is 36.4 Å². The standard InChI is InChI=1S/C15H13N3O2/c19-14-12(15(18-17-14)20-11-5-6-11)8-10-7-9-3-1-2-4-13(9)16-10/h1-4,7-8,11,16H,5-6H2,(H,17,19). The molecule has 0 unspecified atom stereocenters. The first-order valence-electron chi connectivity index (χ1n) is 6.64. The van der Waals surface area contributed by atoms with Gasteiger partial charge in [0.05, 0.1) is 0 Å². The van der Waals surface area contributed by atoms with Crippen LogP contribution < -0.4 is 5.43 Å². The van der Waals surface area contributed by atoms with Crippen molar-refractivity contribution in [3.63, 3.8) is 0 Å². The van der Waals surface area contributed by atoms with Gasteiger partial charge in [0.15, 0.2) is 0 Å². The van der Waals surface area contributed by atoms with E-state index in [1.54, 1.807) is 6.08 Å². The lowest BCUT2D eigenvalue weighted by atomic mass is 10.2. The first kappa shape index (κ1) is 11.3. The number of para-hydroxylation sites is 1. The molecule has 20 heavy (non-hydrogen) atoms. The van der Waals surface area contributed by atoms with Crippen LogP contribution >= 0.6 is 0 Å². The minimum atomic E-state index is -0.223. The predicted molar refractivity (Wildman–Crippen MR) is 76.0 cm³/mol. The number of hydrogen-bond donors (Lipinski definition) is 2. The van der Waals surface area contributed by atoms with Crippen LogP contribution in [0, 0.1) is 0 Å².